The topological polar surface area (TPSA) is 42.5 Å². The molecule has 4 unspecified atom stereocenters. The van der Waals surface area contributed by atoms with Crippen LogP contribution < -0.4 is 10.6 Å². The maximum atomic E-state index is 6.22. The predicted molar refractivity (Wildman–Crippen MR) is 93.8 cm³/mol. The molecular formula is C19H36N2O2. The molecule has 3 fully saturated rings. The molecule has 2 N–H and O–H groups in total. The minimum absolute atomic E-state index is 0.449. The van der Waals surface area contributed by atoms with Crippen molar-refractivity contribution >= 4 is 0 Å². The van der Waals surface area contributed by atoms with Gasteiger partial charge in [0.25, 0.3) is 0 Å². The van der Waals surface area contributed by atoms with Crippen LogP contribution in [0.4, 0.5) is 0 Å². The van der Waals surface area contributed by atoms with Crippen molar-refractivity contribution in [3.05, 3.63) is 0 Å². The molecule has 0 aromatic carbocycles. The Morgan fingerprint density at radius 3 is 1.57 bits per heavy atom. The van der Waals surface area contributed by atoms with Gasteiger partial charge in [0.1, 0.15) is 0 Å². The van der Waals surface area contributed by atoms with Gasteiger partial charge >= 0.3 is 0 Å². The first-order valence-electron chi connectivity index (χ1n) is 10.1. The lowest BCUT2D eigenvalue weighted by Crippen LogP contribution is -2.37. The lowest BCUT2D eigenvalue weighted by Gasteiger charge is -2.33. The van der Waals surface area contributed by atoms with Gasteiger partial charge < -0.3 is 20.1 Å². The van der Waals surface area contributed by atoms with Gasteiger partial charge in [-0.25, -0.2) is 0 Å². The zero-order valence-electron chi connectivity index (χ0n) is 14.7. The van der Waals surface area contributed by atoms with Gasteiger partial charge in [-0.1, -0.05) is 25.7 Å². The average Bonchev–Trinajstić information content (AvgIpc) is 2.60. The third-order valence-corrected chi connectivity index (χ3v) is 5.95. The molecule has 1 heterocycles. The molecule has 0 spiro atoms. The Hall–Kier alpha value is -0.160. The molecule has 0 aromatic rings. The van der Waals surface area contributed by atoms with E-state index in [1.165, 1.54) is 57.8 Å². The van der Waals surface area contributed by atoms with E-state index >= 15 is 0 Å². The van der Waals surface area contributed by atoms with Crippen molar-refractivity contribution in [1.29, 1.82) is 0 Å². The number of fused-ring (bicyclic) bond motifs is 2. The summed E-state index contributed by atoms with van der Waals surface area (Å²) >= 11 is 0. The molecule has 1 aliphatic heterocycles. The Labute approximate surface area is 142 Å². The Bertz CT molecular complexity index is 296. The van der Waals surface area contributed by atoms with Gasteiger partial charge in [-0.3, -0.25) is 0 Å². The Balaban J connectivity index is 1.51. The van der Waals surface area contributed by atoms with Crippen LogP contribution in [0.2, 0.25) is 0 Å². The van der Waals surface area contributed by atoms with Crippen molar-refractivity contribution in [1.82, 2.24) is 10.6 Å². The van der Waals surface area contributed by atoms with Crippen LogP contribution in [0.3, 0.4) is 0 Å². The van der Waals surface area contributed by atoms with Crippen LogP contribution in [-0.2, 0) is 9.47 Å². The van der Waals surface area contributed by atoms with Gasteiger partial charge in [-0.2, -0.15) is 0 Å². The first kappa shape index (κ1) is 17.7. The highest BCUT2D eigenvalue weighted by atomic mass is 16.5. The first-order valence-corrected chi connectivity index (χ1v) is 10.1. The summed E-state index contributed by atoms with van der Waals surface area (Å²) in [4.78, 5) is 0. The van der Waals surface area contributed by atoms with Crippen molar-refractivity contribution in [2.75, 3.05) is 39.4 Å². The van der Waals surface area contributed by atoms with E-state index in [-0.39, 0.29) is 0 Å². The van der Waals surface area contributed by atoms with Crippen LogP contribution in [0.25, 0.3) is 0 Å². The van der Waals surface area contributed by atoms with Gasteiger partial charge in [-0.05, 0) is 57.0 Å². The van der Waals surface area contributed by atoms with Crippen LogP contribution in [0.1, 0.15) is 57.8 Å². The van der Waals surface area contributed by atoms with Crippen molar-refractivity contribution in [3.63, 3.8) is 0 Å². The third kappa shape index (κ3) is 5.70. The molecule has 4 atom stereocenters. The molecule has 23 heavy (non-hydrogen) atoms. The van der Waals surface area contributed by atoms with Gasteiger partial charge in [0.15, 0.2) is 0 Å². The van der Waals surface area contributed by atoms with Crippen LogP contribution >= 0.6 is 0 Å². The molecule has 4 nitrogen and oxygen atoms in total. The SMILES string of the molecule is C1CNCC2CCCCC2OCCOC2CCCCC2CNC1. The van der Waals surface area contributed by atoms with Crippen molar-refractivity contribution in [3.8, 4) is 0 Å². The van der Waals surface area contributed by atoms with Gasteiger partial charge in [0, 0.05) is 13.1 Å². The average molecular weight is 325 g/mol. The van der Waals surface area contributed by atoms with Crippen molar-refractivity contribution < 1.29 is 9.47 Å². The second kappa shape index (κ2) is 9.97. The summed E-state index contributed by atoms with van der Waals surface area (Å²) in [6.45, 7) is 6.05. The number of ether oxygens (including phenoxy) is 2. The fourth-order valence-corrected chi connectivity index (χ4v) is 4.57. The highest BCUT2D eigenvalue weighted by Crippen LogP contribution is 2.28. The molecule has 1 saturated heterocycles. The molecule has 2 aliphatic carbocycles. The minimum Gasteiger partial charge on any atom is -0.375 e. The zero-order chi connectivity index (χ0) is 15.7. The molecule has 3 rings (SSSR count). The van der Waals surface area contributed by atoms with Crippen LogP contribution in [0, 0.1) is 11.8 Å². The number of nitrogens with one attached hydrogen (secondary N) is 2. The molecule has 0 aromatic heterocycles. The minimum atomic E-state index is 0.449. The Kier molecular flexibility index (Phi) is 7.66. The standard InChI is InChI=1S/C19H36N2O2/c1-3-8-18-16(6-1)14-20-10-5-11-21-15-17-7-2-4-9-19(17)23-13-12-22-18/h16-21H,1-15H2. The lowest BCUT2D eigenvalue weighted by molar-refractivity contribution is -0.0698. The monoisotopic (exact) mass is 324 g/mol. The molecule has 2 saturated carbocycles. The molecule has 0 radical (unpaired) electrons. The summed E-state index contributed by atoms with van der Waals surface area (Å²) in [5, 5.41) is 7.32. The second-order valence-electron chi connectivity index (χ2n) is 7.67. The largest absolute Gasteiger partial charge is 0.375 e. The number of hydrogen-bond donors (Lipinski definition) is 2. The van der Waals surface area contributed by atoms with Crippen LogP contribution in [-0.4, -0.2) is 51.6 Å². The van der Waals surface area contributed by atoms with Crippen LogP contribution in [0.5, 0.6) is 0 Å². The number of rotatable bonds is 0. The maximum Gasteiger partial charge on any atom is 0.0704 e. The molecule has 134 valence electrons. The normalized spacial score (nSPS) is 38.6. The summed E-state index contributed by atoms with van der Waals surface area (Å²) in [5.74, 6) is 1.40. The smallest absolute Gasteiger partial charge is 0.0704 e. The Morgan fingerprint density at radius 1 is 0.565 bits per heavy atom. The summed E-state index contributed by atoms with van der Waals surface area (Å²) in [6, 6.07) is 0. The summed E-state index contributed by atoms with van der Waals surface area (Å²) in [6.07, 6.45) is 12.6. The summed E-state index contributed by atoms with van der Waals surface area (Å²) < 4.78 is 12.4. The van der Waals surface area contributed by atoms with E-state index < -0.39 is 0 Å². The van der Waals surface area contributed by atoms with Crippen molar-refractivity contribution in [2.24, 2.45) is 11.8 Å². The van der Waals surface area contributed by atoms with E-state index in [0.717, 1.165) is 39.4 Å². The summed E-state index contributed by atoms with van der Waals surface area (Å²) in [7, 11) is 0. The van der Waals surface area contributed by atoms with Crippen LogP contribution in [0.15, 0.2) is 0 Å². The lowest BCUT2D eigenvalue weighted by atomic mass is 9.86. The molecule has 0 bridgehead atoms. The highest BCUT2D eigenvalue weighted by molar-refractivity contribution is 4.80. The maximum absolute atomic E-state index is 6.22. The first-order chi connectivity index (χ1) is 11.4. The van der Waals surface area contributed by atoms with Gasteiger partial charge in [0.05, 0.1) is 25.4 Å². The van der Waals surface area contributed by atoms with E-state index in [2.05, 4.69) is 10.6 Å². The number of hydrogen-bond acceptors (Lipinski definition) is 4. The zero-order valence-corrected chi connectivity index (χ0v) is 14.7. The van der Waals surface area contributed by atoms with Gasteiger partial charge in [0.2, 0.25) is 0 Å². The molecule has 0 amide bonds. The second-order valence-corrected chi connectivity index (χ2v) is 7.67. The summed E-state index contributed by atoms with van der Waals surface area (Å²) in [5.41, 5.74) is 0. The van der Waals surface area contributed by atoms with E-state index in [1.54, 1.807) is 0 Å². The third-order valence-electron chi connectivity index (χ3n) is 5.95. The van der Waals surface area contributed by atoms with E-state index in [0.29, 0.717) is 24.0 Å². The van der Waals surface area contributed by atoms with E-state index in [9.17, 15) is 0 Å². The Morgan fingerprint density at radius 2 is 1.04 bits per heavy atom. The van der Waals surface area contributed by atoms with Crippen molar-refractivity contribution in [2.45, 2.75) is 70.0 Å². The molecule has 4 heteroatoms. The highest BCUT2D eigenvalue weighted by Gasteiger charge is 2.27. The molecular weight excluding hydrogens is 288 g/mol. The predicted octanol–water partition coefficient (Wildman–Crippen LogP) is 2.72. The van der Waals surface area contributed by atoms with E-state index in [1.807, 2.05) is 0 Å². The fourth-order valence-electron chi connectivity index (χ4n) is 4.57. The van der Waals surface area contributed by atoms with Gasteiger partial charge in [-0.15, -0.1) is 0 Å². The van der Waals surface area contributed by atoms with E-state index in [4.69, 9.17) is 9.47 Å². The quantitative estimate of drug-likeness (QED) is 0.719. The molecule has 3 aliphatic rings. The fraction of sp³-hybridized carbons (Fsp3) is 1.00.